The number of hydrogen-bond donors (Lipinski definition) is 1. The molecule has 1 saturated heterocycles. The van der Waals surface area contributed by atoms with Crippen LogP contribution in [-0.4, -0.2) is 58.5 Å². The second-order valence-corrected chi connectivity index (χ2v) is 11.2. The molecule has 6 rings (SSSR count). The van der Waals surface area contributed by atoms with E-state index < -0.39 is 17.3 Å². The summed E-state index contributed by atoms with van der Waals surface area (Å²) in [5, 5.41) is 11.3. The lowest BCUT2D eigenvalue weighted by Crippen LogP contribution is -2.33. The van der Waals surface area contributed by atoms with Gasteiger partial charge in [0.25, 0.3) is 5.91 Å². The van der Waals surface area contributed by atoms with Crippen molar-refractivity contribution in [2.75, 3.05) is 13.1 Å². The molecule has 1 N–H and O–H groups in total. The van der Waals surface area contributed by atoms with Crippen LogP contribution >= 0.6 is 0 Å². The summed E-state index contributed by atoms with van der Waals surface area (Å²) in [6, 6.07) is 7.34. The third-order valence-electron chi connectivity index (χ3n) is 8.38. The molecule has 0 aromatic carbocycles. The first-order chi connectivity index (χ1) is 20.2. The number of imidazole rings is 1. The predicted molar refractivity (Wildman–Crippen MR) is 146 cm³/mol. The number of hydrogen-bond acceptors (Lipinski definition) is 7. The van der Waals surface area contributed by atoms with E-state index in [0.29, 0.717) is 49.3 Å². The van der Waals surface area contributed by atoms with Gasteiger partial charge in [0.15, 0.2) is 5.82 Å². The van der Waals surface area contributed by atoms with Gasteiger partial charge in [-0.1, -0.05) is 0 Å². The third-order valence-corrected chi connectivity index (χ3v) is 8.38. The van der Waals surface area contributed by atoms with Crippen LogP contribution in [0.3, 0.4) is 0 Å². The minimum absolute atomic E-state index is 0.0456. The van der Waals surface area contributed by atoms with Gasteiger partial charge in [-0.3, -0.25) is 14.3 Å². The third kappa shape index (κ3) is 5.89. The van der Waals surface area contributed by atoms with Crippen LogP contribution in [0.4, 0.5) is 13.2 Å². The van der Waals surface area contributed by atoms with Crippen molar-refractivity contribution < 1.29 is 23.1 Å². The Hall–Kier alpha value is -4.19. The van der Waals surface area contributed by atoms with E-state index in [1.54, 1.807) is 29.6 Å². The Morgan fingerprint density at radius 3 is 2.48 bits per heavy atom. The van der Waals surface area contributed by atoms with Crippen LogP contribution in [0.5, 0.6) is 0 Å². The van der Waals surface area contributed by atoms with Crippen molar-refractivity contribution in [2.24, 2.45) is 11.8 Å². The molecule has 1 unspecified atom stereocenters. The minimum atomic E-state index is -4.49. The number of carbonyl (C=O) groups excluding carboxylic acids is 1. The summed E-state index contributed by atoms with van der Waals surface area (Å²) in [4.78, 5) is 36.0. The first-order valence-corrected chi connectivity index (χ1v) is 14.0. The maximum Gasteiger partial charge on any atom is 0.416 e. The van der Waals surface area contributed by atoms with E-state index in [2.05, 4.69) is 24.9 Å². The summed E-state index contributed by atoms with van der Waals surface area (Å²) in [6.45, 7) is 1.22. The zero-order valence-electron chi connectivity index (χ0n) is 22.8. The second kappa shape index (κ2) is 11.2. The number of nitrogens with zero attached hydrogens (tertiary/aromatic N) is 7. The highest BCUT2D eigenvalue weighted by Gasteiger charge is 2.38. The molecular formula is C30H30F3N7O2. The van der Waals surface area contributed by atoms with Gasteiger partial charge in [0.05, 0.1) is 11.3 Å². The number of pyridine rings is 2. The molecule has 2 aliphatic rings. The second-order valence-electron chi connectivity index (χ2n) is 11.2. The van der Waals surface area contributed by atoms with Gasteiger partial charge in [0.1, 0.15) is 23.4 Å². The fourth-order valence-corrected chi connectivity index (χ4v) is 6.03. The number of aromatic nitrogens is 6. The standard InChI is InChI=1S/C30H30F3N7O2/c31-30(32,33)23-6-12-34-26(15-23)40-18-24(38-19-40)28(41)39-13-7-21(17-39)14-20-4-8-29(42,9-5-20)25-3-2-22(16-37-25)27-35-10-1-11-36-27/h1-3,6,10-12,15-16,18-21,42H,4-5,7-9,13-14,17H2. The Morgan fingerprint density at radius 2 is 1.76 bits per heavy atom. The van der Waals surface area contributed by atoms with E-state index in [1.165, 1.54) is 17.1 Å². The quantitative estimate of drug-likeness (QED) is 0.341. The molecule has 42 heavy (non-hydrogen) atoms. The van der Waals surface area contributed by atoms with Gasteiger partial charge in [-0.15, -0.1) is 0 Å². The number of amides is 1. The lowest BCUT2D eigenvalue weighted by atomic mass is 9.74. The number of halogens is 3. The summed E-state index contributed by atoms with van der Waals surface area (Å²) in [7, 11) is 0. The normalized spacial score (nSPS) is 22.8. The van der Waals surface area contributed by atoms with E-state index >= 15 is 0 Å². The summed E-state index contributed by atoms with van der Waals surface area (Å²) < 4.78 is 40.6. The van der Waals surface area contributed by atoms with Gasteiger partial charge in [0, 0.05) is 49.6 Å². The number of aliphatic hydroxyl groups is 1. The molecule has 1 saturated carbocycles. The van der Waals surface area contributed by atoms with Crippen molar-refractivity contribution in [3.63, 3.8) is 0 Å². The molecule has 4 aromatic rings. The molecule has 1 aliphatic heterocycles. The largest absolute Gasteiger partial charge is 0.416 e. The smallest absolute Gasteiger partial charge is 0.384 e. The number of rotatable bonds is 6. The summed E-state index contributed by atoms with van der Waals surface area (Å²) >= 11 is 0. The van der Waals surface area contributed by atoms with Gasteiger partial charge in [-0.25, -0.2) is 19.9 Å². The van der Waals surface area contributed by atoms with Gasteiger partial charge < -0.3 is 10.0 Å². The molecule has 218 valence electrons. The van der Waals surface area contributed by atoms with Crippen LogP contribution in [0.15, 0.2) is 67.6 Å². The molecule has 5 heterocycles. The zero-order chi connectivity index (χ0) is 29.3. The maximum absolute atomic E-state index is 13.1. The highest BCUT2D eigenvalue weighted by Crippen LogP contribution is 2.42. The first kappa shape index (κ1) is 28.0. The van der Waals surface area contributed by atoms with Gasteiger partial charge >= 0.3 is 6.18 Å². The molecule has 12 heteroatoms. The van der Waals surface area contributed by atoms with Crippen molar-refractivity contribution in [2.45, 2.75) is 50.3 Å². The highest BCUT2D eigenvalue weighted by atomic mass is 19.4. The minimum Gasteiger partial charge on any atom is -0.384 e. The lowest BCUT2D eigenvalue weighted by molar-refractivity contribution is -0.137. The molecule has 0 spiro atoms. The van der Waals surface area contributed by atoms with Crippen LogP contribution in [0.1, 0.15) is 60.3 Å². The fraction of sp³-hybridized carbons (Fsp3) is 0.400. The molecule has 0 radical (unpaired) electrons. The molecule has 0 bridgehead atoms. The Bertz CT molecular complexity index is 1530. The number of alkyl halides is 3. The predicted octanol–water partition coefficient (Wildman–Crippen LogP) is 5.07. The lowest BCUT2D eigenvalue weighted by Gasteiger charge is -2.36. The zero-order valence-corrected chi connectivity index (χ0v) is 22.8. The molecule has 1 amide bonds. The van der Waals surface area contributed by atoms with Crippen LogP contribution < -0.4 is 0 Å². The van der Waals surface area contributed by atoms with Crippen molar-refractivity contribution in [3.8, 4) is 17.2 Å². The summed E-state index contributed by atoms with van der Waals surface area (Å²) in [5.74, 6) is 1.20. The topological polar surface area (TPSA) is 110 Å². The average molecular weight is 578 g/mol. The van der Waals surface area contributed by atoms with E-state index in [1.807, 2.05) is 12.1 Å². The molecule has 1 atom stereocenters. The Labute approximate surface area is 240 Å². The van der Waals surface area contributed by atoms with Crippen molar-refractivity contribution in [1.82, 2.24) is 34.4 Å². The first-order valence-electron chi connectivity index (χ1n) is 14.0. The molecule has 2 fully saturated rings. The fourth-order valence-electron chi connectivity index (χ4n) is 6.03. The molecular weight excluding hydrogens is 547 g/mol. The maximum atomic E-state index is 13.1. The summed E-state index contributed by atoms with van der Waals surface area (Å²) in [6.07, 6.45) is 9.26. The van der Waals surface area contributed by atoms with Gasteiger partial charge in [-0.2, -0.15) is 13.2 Å². The van der Waals surface area contributed by atoms with Crippen molar-refractivity contribution in [3.05, 3.63) is 84.6 Å². The van der Waals surface area contributed by atoms with Crippen LogP contribution in [0, 0.1) is 11.8 Å². The highest BCUT2D eigenvalue weighted by molar-refractivity contribution is 5.92. The Morgan fingerprint density at radius 1 is 0.976 bits per heavy atom. The molecule has 9 nitrogen and oxygen atoms in total. The Kier molecular flexibility index (Phi) is 7.48. The van der Waals surface area contributed by atoms with E-state index in [0.717, 1.165) is 49.6 Å². The van der Waals surface area contributed by atoms with E-state index in [4.69, 9.17) is 0 Å². The number of likely N-dealkylation sites (tertiary alicyclic amines) is 1. The molecule has 1 aliphatic carbocycles. The van der Waals surface area contributed by atoms with Crippen LogP contribution in [-0.2, 0) is 11.8 Å². The van der Waals surface area contributed by atoms with E-state index in [9.17, 15) is 23.1 Å². The van der Waals surface area contributed by atoms with E-state index in [-0.39, 0.29) is 17.4 Å². The average Bonchev–Trinajstić information content (AvgIpc) is 3.69. The van der Waals surface area contributed by atoms with Crippen LogP contribution in [0.25, 0.3) is 17.2 Å². The van der Waals surface area contributed by atoms with Crippen molar-refractivity contribution in [1.29, 1.82) is 0 Å². The SMILES string of the molecule is O=C(c1cn(-c2cc(C(F)(F)F)ccn2)cn1)N1CCC(CC2CCC(O)(c3ccc(-c4ncccn4)cn3)CC2)C1. The van der Waals surface area contributed by atoms with Gasteiger partial charge in [-0.05, 0) is 80.7 Å². The van der Waals surface area contributed by atoms with Gasteiger partial charge in [0.2, 0.25) is 0 Å². The monoisotopic (exact) mass is 577 g/mol. The Balaban J connectivity index is 1.01. The van der Waals surface area contributed by atoms with Crippen molar-refractivity contribution >= 4 is 5.91 Å². The number of carbonyl (C=O) groups is 1. The summed E-state index contributed by atoms with van der Waals surface area (Å²) in [5.41, 5.74) is -0.133. The van der Waals surface area contributed by atoms with Crippen LogP contribution in [0.2, 0.25) is 0 Å². The molecule has 4 aromatic heterocycles.